The topological polar surface area (TPSA) is 76.0 Å². The van der Waals surface area contributed by atoms with Crippen LogP contribution in [0.1, 0.15) is 57.8 Å². The second-order valence-electron chi connectivity index (χ2n) is 7.77. The van der Waals surface area contributed by atoms with Gasteiger partial charge in [0, 0.05) is 18.2 Å². The first kappa shape index (κ1) is 24.0. The summed E-state index contributed by atoms with van der Waals surface area (Å²) in [4.78, 5) is 25.0. The zero-order valence-electron chi connectivity index (χ0n) is 18.5. The minimum Gasteiger partial charge on any atom is -0.350 e. The molecule has 174 valence electrons. The van der Waals surface area contributed by atoms with E-state index in [-0.39, 0.29) is 24.2 Å². The Labute approximate surface area is 189 Å². The Bertz CT molecular complexity index is 1150. The molecule has 0 saturated carbocycles. The third kappa shape index (κ3) is 5.60. The highest BCUT2D eigenvalue weighted by Gasteiger charge is 2.40. The molecule has 0 radical (unpaired) electrons. The molecule has 1 unspecified atom stereocenters. The number of amides is 2. The molecule has 2 N–H and O–H groups in total. The van der Waals surface area contributed by atoms with Gasteiger partial charge in [-0.15, -0.1) is 0 Å². The number of carbonyl (C=O) groups excluding carboxylic acids is 2. The molecule has 3 rings (SSSR count). The lowest BCUT2D eigenvalue weighted by Gasteiger charge is -2.14. The van der Waals surface area contributed by atoms with Crippen LogP contribution in [0, 0.1) is 6.92 Å². The molecule has 0 spiro atoms. The fourth-order valence-corrected chi connectivity index (χ4v) is 3.28. The molecule has 0 aliphatic rings. The van der Waals surface area contributed by atoms with E-state index >= 15 is 0 Å². The molecule has 1 heterocycles. The third-order valence-electron chi connectivity index (χ3n) is 5.26. The number of carbonyl (C=O) groups is 2. The molecule has 0 bridgehead atoms. The monoisotopic (exact) mass is 458 g/mol. The van der Waals surface area contributed by atoms with Crippen LogP contribution in [0.5, 0.6) is 0 Å². The Morgan fingerprint density at radius 1 is 1.09 bits per heavy atom. The van der Waals surface area contributed by atoms with Crippen LogP contribution in [-0.4, -0.2) is 27.6 Å². The first-order valence-corrected chi connectivity index (χ1v) is 10.5. The van der Waals surface area contributed by atoms with Crippen molar-refractivity contribution in [3.8, 4) is 5.69 Å². The summed E-state index contributed by atoms with van der Waals surface area (Å²) in [5.74, 6) is -1.16. The van der Waals surface area contributed by atoms with Crippen LogP contribution in [0.4, 0.5) is 13.2 Å². The first-order valence-electron chi connectivity index (χ1n) is 10.5. The number of alkyl halides is 3. The fraction of sp³-hybridized carbons (Fsp3) is 0.292. The van der Waals surface area contributed by atoms with Crippen LogP contribution < -0.4 is 10.6 Å². The van der Waals surface area contributed by atoms with Gasteiger partial charge in [-0.2, -0.15) is 18.3 Å². The van der Waals surface area contributed by atoms with E-state index in [1.807, 2.05) is 13.8 Å². The number of nitrogens with zero attached hydrogens (tertiary/aromatic N) is 2. The average Bonchev–Trinajstić information content (AvgIpc) is 3.23. The van der Waals surface area contributed by atoms with E-state index in [9.17, 15) is 22.8 Å². The lowest BCUT2D eigenvalue weighted by molar-refractivity contribution is -0.143. The molecule has 6 nitrogen and oxygen atoms in total. The van der Waals surface area contributed by atoms with Crippen molar-refractivity contribution >= 4 is 11.8 Å². The Hall–Kier alpha value is -3.62. The molecule has 0 fully saturated rings. The van der Waals surface area contributed by atoms with Crippen molar-refractivity contribution in [2.45, 2.75) is 46.0 Å². The van der Waals surface area contributed by atoms with Gasteiger partial charge in [-0.25, -0.2) is 4.68 Å². The minimum absolute atomic E-state index is 0.00596. The Kier molecular flexibility index (Phi) is 7.20. The molecule has 2 amide bonds. The zero-order valence-corrected chi connectivity index (χ0v) is 18.5. The summed E-state index contributed by atoms with van der Waals surface area (Å²) < 4.78 is 42.4. The van der Waals surface area contributed by atoms with E-state index < -0.39 is 23.3 Å². The van der Waals surface area contributed by atoms with Crippen LogP contribution in [0.2, 0.25) is 0 Å². The van der Waals surface area contributed by atoms with Gasteiger partial charge < -0.3 is 10.6 Å². The Morgan fingerprint density at radius 2 is 1.82 bits per heavy atom. The maximum absolute atomic E-state index is 13.9. The van der Waals surface area contributed by atoms with E-state index in [1.54, 1.807) is 49.4 Å². The molecular weight excluding hydrogens is 433 g/mol. The van der Waals surface area contributed by atoms with E-state index in [0.29, 0.717) is 16.7 Å². The van der Waals surface area contributed by atoms with E-state index in [0.717, 1.165) is 17.3 Å². The van der Waals surface area contributed by atoms with Crippen molar-refractivity contribution in [3.63, 3.8) is 0 Å². The second-order valence-corrected chi connectivity index (χ2v) is 7.77. The molecule has 2 aromatic carbocycles. The van der Waals surface area contributed by atoms with Crippen molar-refractivity contribution in [2.24, 2.45) is 0 Å². The first-order chi connectivity index (χ1) is 15.6. The number of aryl methyl sites for hydroxylation is 1. The number of aromatic nitrogens is 2. The Morgan fingerprint density at radius 3 is 2.48 bits per heavy atom. The van der Waals surface area contributed by atoms with Crippen LogP contribution in [0.15, 0.2) is 54.7 Å². The molecule has 33 heavy (non-hydrogen) atoms. The SMILES string of the molecule is CCC(C)NC(=O)c1cccc(CNC(=O)c2cnn(-c3ccccc3C)c2C(F)(F)F)c1. The van der Waals surface area contributed by atoms with Crippen LogP contribution in [-0.2, 0) is 12.7 Å². The van der Waals surface area contributed by atoms with Crippen molar-refractivity contribution in [3.05, 3.63) is 82.7 Å². The quantitative estimate of drug-likeness (QED) is 0.541. The summed E-state index contributed by atoms with van der Waals surface area (Å²) in [5.41, 5.74) is 0.104. The van der Waals surface area contributed by atoms with Gasteiger partial charge in [-0.3, -0.25) is 9.59 Å². The highest BCUT2D eigenvalue weighted by Crippen LogP contribution is 2.34. The van der Waals surface area contributed by atoms with Gasteiger partial charge in [0.25, 0.3) is 11.8 Å². The molecule has 1 atom stereocenters. The molecule has 0 aliphatic heterocycles. The van der Waals surface area contributed by atoms with E-state index in [4.69, 9.17) is 0 Å². The lowest BCUT2D eigenvalue weighted by atomic mass is 10.1. The molecule has 3 aromatic rings. The summed E-state index contributed by atoms with van der Waals surface area (Å²) in [6.07, 6.45) is -3.10. The Balaban J connectivity index is 1.81. The van der Waals surface area contributed by atoms with Gasteiger partial charge in [-0.1, -0.05) is 37.3 Å². The standard InChI is InChI=1S/C24H25F3N4O2/c1-4-16(3)30-22(32)18-10-7-9-17(12-18)13-28-23(33)19-14-29-31(21(19)24(25,26)27)20-11-6-5-8-15(20)2/h5-12,14,16H,4,13H2,1-3H3,(H,28,33)(H,30,32). The maximum Gasteiger partial charge on any atom is 0.434 e. The predicted octanol–water partition coefficient (Wildman–Crippen LogP) is 4.66. The lowest BCUT2D eigenvalue weighted by Crippen LogP contribution is -2.32. The zero-order chi connectivity index (χ0) is 24.2. The number of hydrogen-bond acceptors (Lipinski definition) is 3. The van der Waals surface area contributed by atoms with Gasteiger partial charge in [-0.05, 0) is 49.6 Å². The summed E-state index contributed by atoms with van der Waals surface area (Å²) in [6, 6.07) is 13.1. The van der Waals surface area contributed by atoms with Crippen LogP contribution in [0.25, 0.3) is 5.69 Å². The highest BCUT2D eigenvalue weighted by atomic mass is 19.4. The number of hydrogen-bond donors (Lipinski definition) is 2. The summed E-state index contributed by atoms with van der Waals surface area (Å²) in [6.45, 7) is 5.46. The highest BCUT2D eigenvalue weighted by molar-refractivity contribution is 5.96. The molecule has 1 aromatic heterocycles. The van der Waals surface area contributed by atoms with Gasteiger partial charge in [0.05, 0.1) is 17.4 Å². The number of para-hydroxylation sites is 1. The average molecular weight is 458 g/mol. The van der Waals surface area contributed by atoms with Crippen molar-refractivity contribution in [1.29, 1.82) is 0 Å². The van der Waals surface area contributed by atoms with Crippen LogP contribution >= 0.6 is 0 Å². The van der Waals surface area contributed by atoms with Crippen molar-refractivity contribution < 1.29 is 22.8 Å². The summed E-state index contributed by atoms with van der Waals surface area (Å²) in [5, 5.41) is 9.20. The van der Waals surface area contributed by atoms with E-state index in [2.05, 4.69) is 15.7 Å². The van der Waals surface area contributed by atoms with Gasteiger partial charge in [0.15, 0.2) is 5.69 Å². The van der Waals surface area contributed by atoms with Gasteiger partial charge in [0.1, 0.15) is 0 Å². The number of halogens is 3. The van der Waals surface area contributed by atoms with E-state index in [1.165, 1.54) is 6.07 Å². The molecule has 9 heteroatoms. The third-order valence-corrected chi connectivity index (χ3v) is 5.26. The largest absolute Gasteiger partial charge is 0.434 e. The fourth-order valence-electron chi connectivity index (χ4n) is 3.28. The van der Waals surface area contributed by atoms with Crippen LogP contribution in [0.3, 0.4) is 0 Å². The molecule has 0 saturated heterocycles. The summed E-state index contributed by atoms with van der Waals surface area (Å²) in [7, 11) is 0. The normalized spacial score (nSPS) is 12.3. The van der Waals surface area contributed by atoms with Gasteiger partial charge in [0.2, 0.25) is 0 Å². The second kappa shape index (κ2) is 9.89. The van der Waals surface area contributed by atoms with Crippen molar-refractivity contribution in [1.82, 2.24) is 20.4 Å². The predicted molar refractivity (Wildman–Crippen MR) is 118 cm³/mol. The maximum atomic E-state index is 13.9. The minimum atomic E-state index is -4.79. The number of benzene rings is 2. The molecule has 0 aliphatic carbocycles. The number of nitrogens with one attached hydrogen (secondary N) is 2. The smallest absolute Gasteiger partial charge is 0.350 e. The molecular formula is C24H25F3N4O2. The van der Waals surface area contributed by atoms with Gasteiger partial charge >= 0.3 is 6.18 Å². The number of rotatable bonds is 7. The summed E-state index contributed by atoms with van der Waals surface area (Å²) >= 11 is 0. The van der Waals surface area contributed by atoms with Crippen molar-refractivity contribution in [2.75, 3.05) is 0 Å².